The summed E-state index contributed by atoms with van der Waals surface area (Å²) in [5.41, 5.74) is -0.259. The molecule has 0 aliphatic carbocycles. The van der Waals surface area contributed by atoms with E-state index >= 15 is 0 Å². The van der Waals surface area contributed by atoms with Crippen LogP contribution in [0.4, 0.5) is 5.69 Å². The van der Waals surface area contributed by atoms with Crippen LogP contribution in [0, 0.1) is 10.1 Å². The Morgan fingerprint density at radius 2 is 2.32 bits per heavy atom. The van der Waals surface area contributed by atoms with Crippen molar-refractivity contribution >= 4 is 17.4 Å². The van der Waals surface area contributed by atoms with Crippen LogP contribution in [0.5, 0.6) is 0 Å². The fourth-order valence-electron chi connectivity index (χ4n) is 1.46. The van der Waals surface area contributed by atoms with Crippen LogP contribution in [0.2, 0.25) is 0 Å². The van der Waals surface area contributed by atoms with Gasteiger partial charge in [-0.15, -0.1) is 5.10 Å². The number of nitrogens with zero attached hydrogens (tertiary/aromatic N) is 3. The number of aliphatic hydroxyl groups excluding tert-OH is 1. The predicted molar refractivity (Wildman–Crippen MR) is 67.0 cm³/mol. The molecular weight excluding hydrogens is 272 g/mol. The molecule has 0 bridgehead atoms. The van der Waals surface area contributed by atoms with E-state index in [2.05, 4.69) is 10.2 Å². The number of aromatic nitrogens is 3. The Morgan fingerprint density at radius 3 is 2.84 bits per heavy atom. The number of benzene rings is 1. The van der Waals surface area contributed by atoms with Gasteiger partial charge in [-0.1, -0.05) is 0 Å². The number of rotatable bonds is 4. The Morgan fingerprint density at radius 1 is 1.58 bits per heavy atom. The van der Waals surface area contributed by atoms with Gasteiger partial charge in [-0.2, -0.15) is 0 Å². The summed E-state index contributed by atoms with van der Waals surface area (Å²) in [5, 5.41) is 26.4. The van der Waals surface area contributed by atoms with Gasteiger partial charge >= 0.3 is 5.69 Å². The molecule has 0 unspecified atom stereocenters. The first-order valence-corrected chi connectivity index (χ1v) is 6.02. The average Bonchev–Trinajstić information content (AvgIpc) is 2.70. The van der Waals surface area contributed by atoms with Gasteiger partial charge in [-0.3, -0.25) is 14.7 Å². The number of hydrogen-bond donors (Lipinski definition) is 2. The molecule has 0 aliphatic rings. The third-order valence-corrected chi connectivity index (χ3v) is 3.50. The number of nitrogens with one attached hydrogen (secondary N) is 1. The predicted octanol–water partition coefficient (Wildman–Crippen LogP) is 0.660. The highest BCUT2D eigenvalue weighted by Gasteiger charge is 2.15. The zero-order valence-electron chi connectivity index (χ0n) is 9.86. The highest BCUT2D eigenvalue weighted by atomic mass is 32.2. The molecule has 0 aliphatic heterocycles. The first-order valence-electron chi connectivity index (χ1n) is 5.20. The van der Waals surface area contributed by atoms with Crippen molar-refractivity contribution in [3.05, 3.63) is 44.4 Å². The van der Waals surface area contributed by atoms with E-state index in [9.17, 15) is 14.9 Å². The Labute approximate surface area is 111 Å². The van der Waals surface area contributed by atoms with Crippen molar-refractivity contribution in [1.29, 1.82) is 0 Å². The zero-order chi connectivity index (χ0) is 14.0. The van der Waals surface area contributed by atoms with Crippen molar-refractivity contribution in [2.75, 3.05) is 0 Å². The number of nitro groups is 1. The number of hydrogen-bond acceptors (Lipinski definition) is 6. The zero-order valence-corrected chi connectivity index (χ0v) is 10.7. The molecule has 0 saturated heterocycles. The van der Waals surface area contributed by atoms with Gasteiger partial charge < -0.3 is 5.11 Å². The Bertz CT molecular complexity index is 678. The standard InChI is InChI=1S/C10H10N4O4S/c1-13-9(16)11-12-10(13)19-7-2-3-8(14(17)18)6(4-7)5-15/h2-4,15H,5H2,1H3,(H,11,16). The van der Waals surface area contributed by atoms with E-state index in [0.717, 1.165) is 0 Å². The summed E-state index contributed by atoms with van der Waals surface area (Å²) in [5.74, 6) is 0. The lowest BCUT2D eigenvalue weighted by Gasteiger charge is -2.03. The van der Waals surface area contributed by atoms with E-state index in [0.29, 0.717) is 10.1 Å². The Hall–Kier alpha value is -2.13. The molecule has 0 saturated carbocycles. The summed E-state index contributed by atoms with van der Waals surface area (Å²) < 4.78 is 1.32. The largest absolute Gasteiger partial charge is 0.391 e. The minimum Gasteiger partial charge on any atom is -0.391 e. The number of aliphatic hydroxyl groups is 1. The number of H-pyrrole nitrogens is 1. The molecule has 0 spiro atoms. The van der Waals surface area contributed by atoms with Crippen molar-refractivity contribution in [1.82, 2.24) is 14.8 Å². The number of nitro benzene ring substituents is 1. The number of aromatic amines is 1. The van der Waals surface area contributed by atoms with E-state index in [1.54, 1.807) is 13.1 Å². The van der Waals surface area contributed by atoms with Crippen LogP contribution >= 0.6 is 11.8 Å². The van der Waals surface area contributed by atoms with Crippen LogP contribution in [0.3, 0.4) is 0 Å². The first kappa shape index (κ1) is 13.3. The van der Waals surface area contributed by atoms with E-state index in [1.165, 1.54) is 28.5 Å². The van der Waals surface area contributed by atoms with Crippen molar-refractivity contribution in [3.8, 4) is 0 Å². The quantitative estimate of drug-likeness (QED) is 0.629. The van der Waals surface area contributed by atoms with Gasteiger partial charge in [0.05, 0.1) is 17.1 Å². The molecule has 0 fully saturated rings. The molecule has 1 aromatic carbocycles. The van der Waals surface area contributed by atoms with Crippen LogP contribution < -0.4 is 5.69 Å². The monoisotopic (exact) mass is 282 g/mol. The molecule has 0 amide bonds. The summed E-state index contributed by atoms with van der Waals surface area (Å²) >= 11 is 1.17. The third kappa shape index (κ3) is 2.66. The summed E-state index contributed by atoms with van der Waals surface area (Å²) in [7, 11) is 1.56. The fourth-order valence-corrected chi connectivity index (χ4v) is 2.32. The van der Waals surface area contributed by atoms with Crippen molar-refractivity contribution < 1.29 is 10.0 Å². The highest BCUT2D eigenvalue weighted by Crippen LogP contribution is 2.29. The van der Waals surface area contributed by atoms with Crippen molar-refractivity contribution in [3.63, 3.8) is 0 Å². The molecule has 2 N–H and O–H groups in total. The molecule has 1 heterocycles. The molecule has 0 atom stereocenters. The second-order valence-electron chi connectivity index (χ2n) is 3.68. The van der Waals surface area contributed by atoms with Crippen LogP contribution in [-0.2, 0) is 13.7 Å². The summed E-state index contributed by atoms with van der Waals surface area (Å²) in [6, 6.07) is 4.36. The third-order valence-electron chi connectivity index (χ3n) is 2.47. The molecule has 9 heteroatoms. The van der Waals surface area contributed by atoms with E-state index in [-0.39, 0.29) is 16.9 Å². The second kappa shape index (κ2) is 5.24. The van der Waals surface area contributed by atoms with Crippen molar-refractivity contribution in [2.24, 2.45) is 7.05 Å². The maximum absolute atomic E-state index is 11.2. The van der Waals surface area contributed by atoms with Gasteiger partial charge in [0.15, 0.2) is 5.16 Å². The minimum absolute atomic E-state index is 0.136. The lowest BCUT2D eigenvalue weighted by molar-refractivity contribution is -0.385. The average molecular weight is 282 g/mol. The van der Waals surface area contributed by atoms with E-state index < -0.39 is 11.5 Å². The lowest BCUT2D eigenvalue weighted by atomic mass is 10.2. The summed E-state index contributed by atoms with van der Waals surface area (Å²) in [6.07, 6.45) is 0. The van der Waals surface area contributed by atoms with Gasteiger partial charge in [0.25, 0.3) is 5.69 Å². The van der Waals surface area contributed by atoms with Crippen LogP contribution in [0.1, 0.15) is 5.56 Å². The molecule has 8 nitrogen and oxygen atoms in total. The maximum atomic E-state index is 11.2. The molecule has 1 aromatic heterocycles. The lowest BCUT2D eigenvalue weighted by Crippen LogP contribution is -2.12. The van der Waals surface area contributed by atoms with Crippen LogP contribution in [0.25, 0.3) is 0 Å². The molecule has 2 aromatic rings. The second-order valence-corrected chi connectivity index (χ2v) is 4.72. The Balaban J connectivity index is 2.34. The van der Waals surface area contributed by atoms with Gasteiger partial charge in [0, 0.05) is 18.0 Å². The SMILES string of the molecule is Cn1c(Sc2ccc([N+](=O)[O-])c(CO)c2)n[nH]c1=O. The van der Waals surface area contributed by atoms with E-state index in [1.807, 2.05) is 0 Å². The smallest absolute Gasteiger partial charge is 0.343 e. The first-order chi connectivity index (χ1) is 9.02. The summed E-state index contributed by atoms with van der Waals surface area (Å²) in [6.45, 7) is -0.426. The summed E-state index contributed by atoms with van der Waals surface area (Å²) in [4.78, 5) is 22.0. The molecule has 19 heavy (non-hydrogen) atoms. The minimum atomic E-state index is -0.551. The van der Waals surface area contributed by atoms with Gasteiger partial charge in [0.1, 0.15) is 0 Å². The molecule has 0 radical (unpaired) electrons. The van der Waals surface area contributed by atoms with Crippen LogP contribution in [0.15, 0.2) is 33.0 Å². The topological polar surface area (TPSA) is 114 Å². The van der Waals surface area contributed by atoms with Gasteiger partial charge in [0.2, 0.25) is 0 Å². The van der Waals surface area contributed by atoms with E-state index in [4.69, 9.17) is 5.11 Å². The molecule has 2 rings (SSSR count). The molecule has 100 valence electrons. The van der Waals surface area contributed by atoms with Crippen LogP contribution in [-0.4, -0.2) is 24.8 Å². The highest BCUT2D eigenvalue weighted by molar-refractivity contribution is 7.99. The molecular formula is C10H10N4O4S. The van der Waals surface area contributed by atoms with Gasteiger partial charge in [-0.25, -0.2) is 9.89 Å². The Kier molecular flexibility index (Phi) is 3.67. The van der Waals surface area contributed by atoms with Crippen molar-refractivity contribution in [2.45, 2.75) is 16.7 Å². The fraction of sp³-hybridized carbons (Fsp3) is 0.200. The van der Waals surface area contributed by atoms with Gasteiger partial charge in [-0.05, 0) is 23.9 Å². The maximum Gasteiger partial charge on any atom is 0.343 e. The normalized spacial score (nSPS) is 10.6.